The molecule has 0 aliphatic rings. The van der Waals surface area contributed by atoms with Crippen LogP contribution in [0.5, 0.6) is 0 Å². The molecule has 114 valence electrons. The van der Waals surface area contributed by atoms with Gasteiger partial charge in [-0.2, -0.15) is 0 Å². The Morgan fingerprint density at radius 3 is 1.95 bits per heavy atom. The highest BCUT2D eigenvalue weighted by atomic mass is 16.5. The van der Waals surface area contributed by atoms with Gasteiger partial charge < -0.3 is 9.64 Å². The molecule has 0 unspecified atom stereocenters. The van der Waals surface area contributed by atoms with Gasteiger partial charge in [-0.3, -0.25) is 4.79 Å². The number of carbonyl (C=O) groups excluding carboxylic acids is 1. The van der Waals surface area contributed by atoms with Gasteiger partial charge in [-0.1, -0.05) is 46.5 Å². The van der Waals surface area contributed by atoms with Gasteiger partial charge in [-0.05, 0) is 32.4 Å². The molecule has 0 radical (unpaired) electrons. The van der Waals surface area contributed by atoms with Gasteiger partial charge in [-0.15, -0.1) is 0 Å². The van der Waals surface area contributed by atoms with Crippen molar-refractivity contribution in [1.82, 2.24) is 4.90 Å². The van der Waals surface area contributed by atoms with Gasteiger partial charge in [0.2, 0.25) is 0 Å². The summed E-state index contributed by atoms with van der Waals surface area (Å²) in [6.45, 7) is 10.2. The Morgan fingerprint density at radius 1 is 0.842 bits per heavy atom. The van der Waals surface area contributed by atoms with Crippen molar-refractivity contribution >= 4 is 5.97 Å². The lowest BCUT2D eigenvalue weighted by molar-refractivity contribution is -0.144. The Kier molecular flexibility index (Phi) is 13.4. The van der Waals surface area contributed by atoms with Crippen LogP contribution in [0.3, 0.4) is 0 Å². The Hall–Kier alpha value is -0.570. The maximum absolute atomic E-state index is 11.6. The highest BCUT2D eigenvalue weighted by molar-refractivity contribution is 5.69. The van der Waals surface area contributed by atoms with Crippen LogP contribution in [0.25, 0.3) is 0 Å². The van der Waals surface area contributed by atoms with Crippen LogP contribution in [0.4, 0.5) is 0 Å². The third kappa shape index (κ3) is 12.2. The lowest BCUT2D eigenvalue weighted by atomic mass is 10.2. The number of esters is 1. The maximum atomic E-state index is 11.6. The van der Waals surface area contributed by atoms with Crippen molar-refractivity contribution in [3.63, 3.8) is 0 Å². The fourth-order valence-corrected chi connectivity index (χ4v) is 1.96. The zero-order valence-electron chi connectivity index (χ0n) is 13.2. The first kappa shape index (κ1) is 18.4. The normalized spacial score (nSPS) is 10.9. The summed E-state index contributed by atoms with van der Waals surface area (Å²) in [4.78, 5) is 14.0. The van der Waals surface area contributed by atoms with Crippen molar-refractivity contribution < 1.29 is 9.53 Å². The molecule has 0 heterocycles. The van der Waals surface area contributed by atoms with Crippen LogP contribution in [0.2, 0.25) is 0 Å². The van der Waals surface area contributed by atoms with Crippen LogP contribution in [-0.2, 0) is 9.53 Å². The molecular weight excluding hydrogens is 238 g/mol. The second-order valence-corrected chi connectivity index (χ2v) is 5.23. The number of ether oxygens (including phenoxy) is 1. The monoisotopic (exact) mass is 271 g/mol. The molecule has 3 heteroatoms. The third-order valence-corrected chi connectivity index (χ3v) is 3.30. The number of carbonyl (C=O) groups is 1. The first-order chi connectivity index (χ1) is 9.24. The number of nitrogens with zero attached hydrogens (tertiary/aromatic N) is 1. The van der Waals surface area contributed by atoms with E-state index in [1.807, 2.05) is 0 Å². The van der Waals surface area contributed by atoms with Crippen molar-refractivity contribution in [2.75, 3.05) is 26.2 Å². The van der Waals surface area contributed by atoms with Crippen LogP contribution in [-0.4, -0.2) is 37.1 Å². The number of rotatable bonds is 13. The Balaban J connectivity index is 3.71. The summed E-state index contributed by atoms with van der Waals surface area (Å²) in [5.74, 6) is -0.0332. The number of unbranched alkanes of at least 4 members (excludes halogenated alkanes) is 4. The van der Waals surface area contributed by atoms with E-state index in [4.69, 9.17) is 4.74 Å². The minimum atomic E-state index is -0.0332. The molecule has 0 bridgehead atoms. The smallest absolute Gasteiger partial charge is 0.307 e. The van der Waals surface area contributed by atoms with Gasteiger partial charge in [-0.25, -0.2) is 0 Å². The molecule has 0 N–H and O–H groups in total. The molecule has 0 aromatic rings. The van der Waals surface area contributed by atoms with E-state index in [1.165, 1.54) is 32.1 Å². The molecule has 0 aliphatic carbocycles. The molecule has 0 amide bonds. The van der Waals surface area contributed by atoms with Gasteiger partial charge in [0.15, 0.2) is 0 Å². The van der Waals surface area contributed by atoms with Crippen molar-refractivity contribution in [2.24, 2.45) is 0 Å². The lowest BCUT2D eigenvalue weighted by Crippen LogP contribution is -2.29. The van der Waals surface area contributed by atoms with Crippen LogP contribution in [0.1, 0.15) is 72.1 Å². The van der Waals surface area contributed by atoms with E-state index in [9.17, 15) is 4.79 Å². The third-order valence-electron chi connectivity index (χ3n) is 3.30. The van der Waals surface area contributed by atoms with Gasteiger partial charge in [0.25, 0.3) is 0 Å². The highest BCUT2D eigenvalue weighted by Crippen LogP contribution is 2.02. The van der Waals surface area contributed by atoms with Gasteiger partial charge >= 0.3 is 5.97 Å². The predicted molar refractivity (Wildman–Crippen MR) is 81.4 cm³/mol. The average molecular weight is 271 g/mol. The second kappa shape index (κ2) is 13.9. The summed E-state index contributed by atoms with van der Waals surface area (Å²) in [6.07, 6.45) is 8.71. The minimum Gasteiger partial charge on any atom is -0.466 e. The highest BCUT2D eigenvalue weighted by Gasteiger charge is 2.08. The molecule has 3 nitrogen and oxygen atoms in total. The summed E-state index contributed by atoms with van der Waals surface area (Å²) in [5, 5.41) is 0. The molecule has 0 saturated heterocycles. The molecule has 19 heavy (non-hydrogen) atoms. The molecule has 0 spiro atoms. The van der Waals surface area contributed by atoms with E-state index in [0.717, 1.165) is 32.5 Å². The molecular formula is C16H33NO2. The predicted octanol–water partition coefficient (Wildman–Crippen LogP) is 4.01. The van der Waals surface area contributed by atoms with Crippen LogP contribution < -0.4 is 0 Å². The first-order valence-corrected chi connectivity index (χ1v) is 8.12. The maximum Gasteiger partial charge on any atom is 0.307 e. The van der Waals surface area contributed by atoms with Crippen molar-refractivity contribution in [3.8, 4) is 0 Å². The molecule has 0 atom stereocenters. The topological polar surface area (TPSA) is 29.5 Å². The molecule has 0 fully saturated rings. The largest absolute Gasteiger partial charge is 0.466 e. The van der Waals surface area contributed by atoms with Crippen molar-refractivity contribution in [1.29, 1.82) is 0 Å². The van der Waals surface area contributed by atoms with E-state index < -0.39 is 0 Å². The Morgan fingerprint density at radius 2 is 1.42 bits per heavy atom. The van der Waals surface area contributed by atoms with E-state index in [-0.39, 0.29) is 5.97 Å². The fraction of sp³-hybridized carbons (Fsp3) is 0.938. The zero-order chi connectivity index (χ0) is 14.3. The fourth-order valence-electron chi connectivity index (χ4n) is 1.96. The molecule has 0 saturated carbocycles. The Labute approximate surface area is 119 Å². The summed E-state index contributed by atoms with van der Waals surface area (Å²) in [7, 11) is 0. The average Bonchev–Trinajstić information content (AvgIpc) is 2.42. The van der Waals surface area contributed by atoms with Crippen LogP contribution >= 0.6 is 0 Å². The summed E-state index contributed by atoms with van der Waals surface area (Å²) in [5.41, 5.74) is 0. The molecule has 0 rings (SSSR count). The first-order valence-electron chi connectivity index (χ1n) is 8.12. The van der Waals surface area contributed by atoms with Crippen molar-refractivity contribution in [2.45, 2.75) is 72.1 Å². The summed E-state index contributed by atoms with van der Waals surface area (Å²) in [6, 6.07) is 0. The lowest BCUT2D eigenvalue weighted by Gasteiger charge is -2.21. The summed E-state index contributed by atoms with van der Waals surface area (Å²) < 4.78 is 5.24. The van der Waals surface area contributed by atoms with E-state index in [0.29, 0.717) is 13.0 Å². The van der Waals surface area contributed by atoms with Gasteiger partial charge in [0.05, 0.1) is 13.0 Å². The molecule has 0 aromatic carbocycles. The number of hydrogen-bond donors (Lipinski definition) is 0. The SMILES string of the molecule is CCCCCOC(=O)CCN(CCCC)CCCC. The number of hydrogen-bond acceptors (Lipinski definition) is 3. The quantitative estimate of drug-likeness (QED) is 0.374. The van der Waals surface area contributed by atoms with Crippen LogP contribution in [0, 0.1) is 0 Å². The summed E-state index contributed by atoms with van der Waals surface area (Å²) >= 11 is 0. The second-order valence-electron chi connectivity index (χ2n) is 5.23. The zero-order valence-corrected chi connectivity index (χ0v) is 13.2. The van der Waals surface area contributed by atoms with Crippen LogP contribution in [0.15, 0.2) is 0 Å². The minimum absolute atomic E-state index is 0.0332. The van der Waals surface area contributed by atoms with Gasteiger partial charge in [0, 0.05) is 6.54 Å². The Bertz CT molecular complexity index is 199. The van der Waals surface area contributed by atoms with Gasteiger partial charge in [0.1, 0.15) is 0 Å². The van der Waals surface area contributed by atoms with Crippen molar-refractivity contribution in [3.05, 3.63) is 0 Å². The van der Waals surface area contributed by atoms with E-state index in [1.54, 1.807) is 0 Å². The molecule has 0 aliphatic heterocycles. The standard InChI is InChI=1S/C16H33NO2/c1-4-7-10-15-19-16(18)11-14-17(12-8-5-2)13-9-6-3/h4-15H2,1-3H3. The van der Waals surface area contributed by atoms with E-state index >= 15 is 0 Å². The molecule has 0 aromatic heterocycles. The van der Waals surface area contributed by atoms with E-state index in [2.05, 4.69) is 25.7 Å².